The third-order valence-electron chi connectivity index (χ3n) is 4.84. The lowest BCUT2D eigenvalue weighted by Gasteiger charge is -2.23. The molecule has 1 fully saturated rings. The second-order valence-corrected chi connectivity index (χ2v) is 6.62. The van der Waals surface area contributed by atoms with Crippen molar-refractivity contribution in [1.82, 2.24) is 14.8 Å². The lowest BCUT2D eigenvalue weighted by atomic mass is 10.2. The molecule has 1 saturated heterocycles. The minimum absolute atomic E-state index is 0.223. The average molecular weight is 347 g/mol. The summed E-state index contributed by atoms with van der Waals surface area (Å²) in [5.41, 5.74) is 0.895. The predicted octanol–water partition coefficient (Wildman–Crippen LogP) is 3.09. The highest BCUT2D eigenvalue weighted by molar-refractivity contribution is 5.33. The van der Waals surface area contributed by atoms with Crippen LogP contribution in [0.3, 0.4) is 0 Å². The zero-order valence-corrected chi connectivity index (χ0v) is 15.2. The number of hydrogen-bond donors (Lipinski definition) is 0. The Labute approximate surface area is 148 Å². The van der Waals surface area contributed by atoms with Crippen molar-refractivity contribution < 1.29 is 13.5 Å². The molecule has 0 unspecified atom stereocenters. The zero-order chi connectivity index (χ0) is 17.8. The summed E-state index contributed by atoms with van der Waals surface area (Å²) in [6, 6.07) is 5.13. The van der Waals surface area contributed by atoms with Gasteiger partial charge in [-0.25, -0.2) is 9.37 Å². The van der Waals surface area contributed by atoms with E-state index in [1.165, 1.54) is 6.07 Å². The summed E-state index contributed by atoms with van der Waals surface area (Å²) < 4.78 is 24.6. The Hall–Kier alpha value is -1.92. The van der Waals surface area contributed by atoms with Crippen LogP contribution < -0.4 is 4.74 Å². The molecule has 0 bridgehead atoms. The molecule has 1 aliphatic rings. The van der Waals surface area contributed by atoms with Gasteiger partial charge in [-0.3, -0.25) is 9.80 Å². The summed E-state index contributed by atoms with van der Waals surface area (Å²) in [7, 11) is 3.73. The molecule has 0 spiro atoms. The average Bonchev–Trinajstić information content (AvgIpc) is 3.24. The van der Waals surface area contributed by atoms with E-state index in [1.807, 2.05) is 0 Å². The molecule has 3 rings (SSSR count). The zero-order valence-electron chi connectivity index (χ0n) is 15.2. The van der Waals surface area contributed by atoms with Crippen molar-refractivity contribution in [3.8, 4) is 5.75 Å². The van der Waals surface area contributed by atoms with Crippen LogP contribution in [-0.2, 0) is 19.5 Å². The molecule has 1 aromatic heterocycles. The highest BCUT2D eigenvalue weighted by Gasteiger charge is 2.27. The maximum Gasteiger partial charge on any atom is 0.208 e. The molecular weight excluding hydrogens is 321 g/mol. The highest BCUT2D eigenvalue weighted by atomic mass is 19.1. The molecular formula is C19H26FN3O2. The number of aryl methyl sites for hydroxylation is 1. The van der Waals surface area contributed by atoms with Gasteiger partial charge in [-0.2, -0.15) is 0 Å². The number of hydrogen-bond acceptors (Lipinski definition) is 5. The Morgan fingerprint density at radius 1 is 1.44 bits per heavy atom. The van der Waals surface area contributed by atoms with Gasteiger partial charge in [-0.15, -0.1) is 0 Å². The summed E-state index contributed by atoms with van der Waals surface area (Å²) in [6.07, 6.45) is 3.75. The number of ether oxygens (including phenoxy) is 1. The number of methoxy groups -OCH3 is 1. The van der Waals surface area contributed by atoms with Crippen LogP contribution in [0.4, 0.5) is 4.39 Å². The smallest absolute Gasteiger partial charge is 0.208 e. The van der Waals surface area contributed by atoms with Gasteiger partial charge >= 0.3 is 0 Å². The van der Waals surface area contributed by atoms with E-state index in [1.54, 1.807) is 25.4 Å². The van der Waals surface area contributed by atoms with Crippen LogP contribution in [-0.4, -0.2) is 48.1 Å². The van der Waals surface area contributed by atoms with E-state index in [-0.39, 0.29) is 5.82 Å². The molecule has 1 aromatic carbocycles. The van der Waals surface area contributed by atoms with Gasteiger partial charge < -0.3 is 9.15 Å². The van der Waals surface area contributed by atoms with Gasteiger partial charge in [0.15, 0.2) is 0 Å². The van der Waals surface area contributed by atoms with Crippen molar-refractivity contribution in [2.75, 3.05) is 27.2 Å². The number of likely N-dealkylation sites (tertiary alicyclic amines) is 1. The van der Waals surface area contributed by atoms with Crippen LogP contribution in [0, 0.1) is 5.82 Å². The van der Waals surface area contributed by atoms with Crippen molar-refractivity contribution in [2.45, 2.75) is 38.9 Å². The quantitative estimate of drug-likeness (QED) is 0.770. The van der Waals surface area contributed by atoms with Crippen LogP contribution in [0.2, 0.25) is 0 Å². The monoisotopic (exact) mass is 347 g/mol. The summed E-state index contributed by atoms with van der Waals surface area (Å²) in [4.78, 5) is 8.96. The van der Waals surface area contributed by atoms with Gasteiger partial charge in [0.1, 0.15) is 17.3 Å². The third kappa shape index (κ3) is 4.38. The second-order valence-electron chi connectivity index (χ2n) is 6.62. The maximum absolute atomic E-state index is 13.5. The predicted molar refractivity (Wildman–Crippen MR) is 94.0 cm³/mol. The molecule has 136 valence electrons. The second kappa shape index (κ2) is 7.97. The number of likely N-dealkylation sites (N-methyl/N-ethyl adjacent to an activating group) is 1. The van der Waals surface area contributed by atoms with E-state index >= 15 is 0 Å². The minimum Gasteiger partial charge on any atom is -0.496 e. The highest BCUT2D eigenvalue weighted by Crippen LogP contribution is 2.24. The van der Waals surface area contributed by atoms with Gasteiger partial charge in [-0.05, 0) is 31.7 Å². The van der Waals surface area contributed by atoms with E-state index in [9.17, 15) is 4.39 Å². The number of aromatic nitrogens is 1. The number of nitrogens with zero attached hydrogens (tertiary/aromatic N) is 3. The molecule has 2 aromatic rings. The van der Waals surface area contributed by atoms with E-state index in [4.69, 9.17) is 9.15 Å². The molecule has 6 heteroatoms. The number of benzene rings is 1. The Kier molecular flexibility index (Phi) is 5.71. The van der Waals surface area contributed by atoms with E-state index in [0.717, 1.165) is 48.9 Å². The van der Waals surface area contributed by atoms with Crippen LogP contribution in [0.15, 0.2) is 28.8 Å². The Morgan fingerprint density at radius 2 is 2.28 bits per heavy atom. The van der Waals surface area contributed by atoms with Crippen molar-refractivity contribution in [3.05, 3.63) is 47.4 Å². The van der Waals surface area contributed by atoms with E-state index < -0.39 is 0 Å². The van der Waals surface area contributed by atoms with Crippen LogP contribution >= 0.6 is 0 Å². The summed E-state index contributed by atoms with van der Waals surface area (Å²) in [5, 5.41) is 0. The number of rotatable bonds is 7. The molecule has 1 aliphatic heterocycles. The van der Waals surface area contributed by atoms with Crippen molar-refractivity contribution in [1.29, 1.82) is 0 Å². The molecule has 0 saturated carbocycles. The number of halogens is 1. The first kappa shape index (κ1) is 17.9. The molecule has 25 heavy (non-hydrogen) atoms. The summed E-state index contributed by atoms with van der Waals surface area (Å²) >= 11 is 0. The van der Waals surface area contributed by atoms with Gasteiger partial charge in [0, 0.05) is 37.7 Å². The molecule has 0 radical (unpaired) electrons. The minimum atomic E-state index is -0.223. The van der Waals surface area contributed by atoms with E-state index in [2.05, 4.69) is 28.8 Å². The van der Waals surface area contributed by atoms with Crippen molar-refractivity contribution >= 4 is 0 Å². The fraction of sp³-hybridized carbons (Fsp3) is 0.526. The molecule has 0 amide bonds. The van der Waals surface area contributed by atoms with Gasteiger partial charge in [0.2, 0.25) is 5.89 Å². The standard InChI is InChI=1S/C19H26FN3O2/c1-4-17-10-21-19(25-17)13-22(2)16-7-8-23(12-16)11-14-9-15(20)5-6-18(14)24-3/h5-6,9-10,16H,4,7-8,11-13H2,1-3H3/t16-/m1/s1. The van der Waals surface area contributed by atoms with Gasteiger partial charge in [0.25, 0.3) is 0 Å². The van der Waals surface area contributed by atoms with Crippen LogP contribution in [0.1, 0.15) is 30.6 Å². The largest absolute Gasteiger partial charge is 0.496 e. The van der Waals surface area contributed by atoms with Crippen LogP contribution in [0.25, 0.3) is 0 Å². The molecule has 2 heterocycles. The molecule has 1 atom stereocenters. The van der Waals surface area contributed by atoms with Crippen LogP contribution in [0.5, 0.6) is 5.75 Å². The normalized spacial score (nSPS) is 18.2. The Bertz CT molecular complexity index is 704. The Balaban J connectivity index is 1.57. The Morgan fingerprint density at radius 3 is 3.00 bits per heavy atom. The third-order valence-corrected chi connectivity index (χ3v) is 4.84. The lowest BCUT2D eigenvalue weighted by Crippen LogP contribution is -2.34. The first-order chi connectivity index (χ1) is 12.1. The fourth-order valence-electron chi connectivity index (χ4n) is 3.35. The topological polar surface area (TPSA) is 41.7 Å². The first-order valence-electron chi connectivity index (χ1n) is 8.77. The SMILES string of the molecule is CCc1cnc(CN(C)[C@@H]2CCN(Cc3cc(F)ccc3OC)C2)o1. The summed E-state index contributed by atoms with van der Waals surface area (Å²) in [6.45, 7) is 5.40. The molecule has 5 nitrogen and oxygen atoms in total. The molecule has 0 aliphatic carbocycles. The maximum atomic E-state index is 13.5. The number of oxazole rings is 1. The van der Waals surface area contributed by atoms with Crippen molar-refractivity contribution in [3.63, 3.8) is 0 Å². The molecule has 0 N–H and O–H groups in total. The first-order valence-corrected chi connectivity index (χ1v) is 8.77. The van der Waals surface area contributed by atoms with Crippen molar-refractivity contribution in [2.24, 2.45) is 0 Å². The van der Waals surface area contributed by atoms with Gasteiger partial charge in [-0.1, -0.05) is 6.92 Å². The lowest BCUT2D eigenvalue weighted by molar-refractivity contribution is 0.203. The fourth-order valence-corrected chi connectivity index (χ4v) is 3.35. The summed E-state index contributed by atoms with van der Waals surface area (Å²) in [5.74, 6) is 2.21. The van der Waals surface area contributed by atoms with E-state index in [0.29, 0.717) is 19.1 Å². The van der Waals surface area contributed by atoms with Gasteiger partial charge in [0.05, 0.1) is 19.9 Å².